The van der Waals surface area contributed by atoms with Gasteiger partial charge in [0.2, 0.25) is 6.41 Å². The van der Waals surface area contributed by atoms with Gasteiger partial charge in [-0.1, -0.05) is 0 Å². The van der Waals surface area contributed by atoms with Crippen LogP contribution in [0.1, 0.15) is 42.3 Å². The van der Waals surface area contributed by atoms with Crippen molar-refractivity contribution in [3.8, 4) is 17.2 Å². The van der Waals surface area contributed by atoms with E-state index in [2.05, 4.69) is 20.9 Å². The molecular weight excluding hydrogens is 602 g/mol. The Bertz CT molecular complexity index is 1590. The molecule has 0 unspecified atom stereocenters. The number of carbonyl (C=O) groups is 3. The molecular formula is C30H31F4N5O6. The Balaban J connectivity index is 1.86. The average molecular weight is 634 g/mol. The number of halogens is 4. The highest BCUT2D eigenvalue weighted by Gasteiger charge is 2.32. The largest absolute Gasteiger partial charge is 0.489 e. The monoisotopic (exact) mass is 633 g/mol. The lowest BCUT2D eigenvalue weighted by Gasteiger charge is -2.19. The molecule has 240 valence electrons. The summed E-state index contributed by atoms with van der Waals surface area (Å²) in [6.45, 7) is 6.67. The molecule has 45 heavy (non-hydrogen) atoms. The predicted molar refractivity (Wildman–Crippen MR) is 157 cm³/mol. The molecule has 0 fully saturated rings. The fourth-order valence-corrected chi connectivity index (χ4v) is 3.67. The number of carbonyl (C=O) groups excluding carboxylic acids is 3. The van der Waals surface area contributed by atoms with Crippen LogP contribution in [-0.2, 0) is 15.7 Å². The van der Waals surface area contributed by atoms with Crippen molar-refractivity contribution in [2.75, 3.05) is 18.5 Å². The lowest BCUT2D eigenvalue weighted by Crippen LogP contribution is -2.34. The SMILES string of the molecule is Cc1cc(F)ccc1Oc1cc(C(F)(F)F)ccc1C(=O)Nc1ccc(OCCNC(=O)OC(C)(C)C)c(N=C(N)NC=O)c1. The molecule has 0 atom stereocenters. The van der Waals surface area contributed by atoms with Gasteiger partial charge < -0.3 is 30.6 Å². The smallest absolute Gasteiger partial charge is 0.416 e. The fraction of sp³-hybridized carbons (Fsp3) is 0.267. The van der Waals surface area contributed by atoms with Gasteiger partial charge >= 0.3 is 12.3 Å². The Morgan fingerprint density at radius 1 is 0.978 bits per heavy atom. The first kappa shape index (κ1) is 34.2. The Kier molecular flexibility index (Phi) is 10.9. The summed E-state index contributed by atoms with van der Waals surface area (Å²) in [5.41, 5.74) is 4.17. The number of hydrogen-bond donors (Lipinski definition) is 4. The van der Waals surface area contributed by atoms with E-state index in [1.165, 1.54) is 31.2 Å². The van der Waals surface area contributed by atoms with E-state index in [-0.39, 0.29) is 47.5 Å². The summed E-state index contributed by atoms with van der Waals surface area (Å²) in [5, 5.41) is 7.24. The van der Waals surface area contributed by atoms with Crippen LogP contribution in [0.3, 0.4) is 0 Å². The van der Waals surface area contributed by atoms with Crippen LogP contribution in [-0.4, -0.2) is 43.1 Å². The summed E-state index contributed by atoms with van der Waals surface area (Å²) in [4.78, 5) is 40.0. The molecule has 0 bridgehead atoms. The van der Waals surface area contributed by atoms with Crippen molar-refractivity contribution in [3.63, 3.8) is 0 Å². The zero-order valence-corrected chi connectivity index (χ0v) is 24.7. The zero-order valence-electron chi connectivity index (χ0n) is 24.7. The van der Waals surface area contributed by atoms with Gasteiger partial charge in [-0.3, -0.25) is 14.9 Å². The Labute approximate surface area is 255 Å². The molecule has 0 aliphatic heterocycles. The van der Waals surface area contributed by atoms with Crippen LogP contribution in [0.4, 0.5) is 33.7 Å². The maximum atomic E-state index is 13.6. The van der Waals surface area contributed by atoms with E-state index >= 15 is 0 Å². The van der Waals surface area contributed by atoms with Crippen LogP contribution in [0, 0.1) is 12.7 Å². The first-order chi connectivity index (χ1) is 21.1. The number of ether oxygens (including phenoxy) is 3. The molecule has 0 saturated carbocycles. The maximum Gasteiger partial charge on any atom is 0.416 e. The lowest BCUT2D eigenvalue weighted by molar-refractivity contribution is -0.137. The molecule has 3 amide bonds. The number of amides is 3. The van der Waals surface area contributed by atoms with Gasteiger partial charge in [0.05, 0.1) is 17.7 Å². The van der Waals surface area contributed by atoms with Crippen molar-refractivity contribution in [1.82, 2.24) is 10.6 Å². The molecule has 3 rings (SSSR count). The summed E-state index contributed by atoms with van der Waals surface area (Å²) in [7, 11) is 0. The van der Waals surface area contributed by atoms with Gasteiger partial charge in [0.1, 0.15) is 41.0 Å². The number of aliphatic imine (C=N–C) groups is 1. The lowest BCUT2D eigenvalue weighted by atomic mass is 10.1. The molecule has 0 radical (unpaired) electrons. The van der Waals surface area contributed by atoms with Crippen LogP contribution in [0.2, 0.25) is 0 Å². The molecule has 0 saturated heterocycles. The standard InChI is InChI=1S/C30H31F4N5O6/c1-17-13-19(31)6-9-23(17)44-25-14-18(30(32,33)34)5-8-21(25)26(41)38-20-7-10-24(22(15-20)39-27(35)37-16-40)43-12-11-36-28(42)45-29(2,3)4/h5-10,13-16H,11-12H2,1-4H3,(H,36,42)(H,38,41)(H3,35,37,39,40). The minimum atomic E-state index is -4.73. The number of alkyl halides is 3. The van der Waals surface area contributed by atoms with Gasteiger partial charge in [-0.2, -0.15) is 13.2 Å². The van der Waals surface area contributed by atoms with Gasteiger partial charge in [0.25, 0.3) is 5.91 Å². The van der Waals surface area contributed by atoms with E-state index < -0.39 is 40.9 Å². The highest BCUT2D eigenvalue weighted by Crippen LogP contribution is 2.37. The molecule has 15 heteroatoms. The molecule has 3 aromatic carbocycles. The number of benzene rings is 3. The molecule has 0 aliphatic carbocycles. The van der Waals surface area contributed by atoms with Gasteiger partial charge in [0, 0.05) is 5.69 Å². The van der Waals surface area contributed by atoms with Crippen LogP contribution < -0.4 is 31.2 Å². The van der Waals surface area contributed by atoms with Gasteiger partial charge in [-0.15, -0.1) is 0 Å². The second-order valence-electron chi connectivity index (χ2n) is 10.4. The van der Waals surface area contributed by atoms with E-state index in [1.54, 1.807) is 20.8 Å². The molecule has 11 nitrogen and oxygen atoms in total. The Morgan fingerprint density at radius 2 is 1.69 bits per heavy atom. The first-order valence-corrected chi connectivity index (χ1v) is 13.3. The van der Waals surface area contributed by atoms with Crippen LogP contribution in [0.15, 0.2) is 59.6 Å². The second-order valence-corrected chi connectivity index (χ2v) is 10.4. The zero-order chi connectivity index (χ0) is 33.4. The second kappa shape index (κ2) is 14.4. The highest BCUT2D eigenvalue weighted by molar-refractivity contribution is 6.06. The molecule has 0 aliphatic rings. The van der Waals surface area contributed by atoms with E-state index in [0.29, 0.717) is 18.0 Å². The van der Waals surface area contributed by atoms with E-state index in [4.69, 9.17) is 19.9 Å². The normalized spacial score (nSPS) is 11.8. The van der Waals surface area contributed by atoms with Gasteiger partial charge in [-0.05, 0) is 87.9 Å². The summed E-state index contributed by atoms with van der Waals surface area (Å²) in [5.74, 6) is -1.95. The van der Waals surface area contributed by atoms with E-state index in [0.717, 1.165) is 24.3 Å². The number of anilines is 1. The third kappa shape index (κ3) is 10.4. The van der Waals surface area contributed by atoms with Gasteiger partial charge in [-0.25, -0.2) is 14.2 Å². The summed E-state index contributed by atoms with van der Waals surface area (Å²) in [6.07, 6.45) is -5.08. The van der Waals surface area contributed by atoms with Crippen molar-refractivity contribution >= 4 is 35.7 Å². The molecule has 0 heterocycles. The van der Waals surface area contributed by atoms with E-state index in [1.807, 2.05) is 0 Å². The Morgan fingerprint density at radius 3 is 2.33 bits per heavy atom. The minimum Gasteiger partial charge on any atom is -0.489 e. The topological polar surface area (TPSA) is 153 Å². The third-order valence-electron chi connectivity index (χ3n) is 5.60. The van der Waals surface area contributed by atoms with Crippen LogP contribution in [0.25, 0.3) is 0 Å². The number of alkyl carbamates (subject to hydrolysis) is 1. The highest BCUT2D eigenvalue weighted by atomic mass is 19.4. The molecule has 0 spiro atoms. The quantitative estimate of drug-likeness (QED) is 0.0725. The minimum absolute atomic E-state index is 0.0243. The number of guanidine groups is 1. The third-order valence-corrected chi connectivity index (χ3v) is 5.60. The molecule has 5 N–H and O–H groups in total. The number of hydrogen-bond acceptors (Lipinski definition) is 7. The van der Waals surface area contributed by atoms with Crippen molar-refractivity contribution in [3.05, 3.63) is 77.1 Å². The summed E-state index contributed by atoms with van der Waals surface area (Å²) < 4.78 is 70.5. The van der Waals surface area contributed by atoms with Crippen LogP contribution >= 0.6 is 0 Å². The average Bonchev–Trinajstić information content (AvgIpc) is 2.92. The summed E-state index contributed by atoms with van der Waals surface area (Å²) >= 11 is 0. The Hall–Kier alpha value is -5.34. The number of rotatable bonds is 10. The number of nitrogens with two attached hydrogens (primary N) is 1. The number of nitrogens with one attached hydrogen (secondary N) is 3. The van der Waals surface area contributed by atoms with E-state index in [9.17, 15) is 31.9 Å². The fourth-order valence-electron chi connectivity index (χ4n) is 3.67. The number of nitrogens with zero attached hydrogens (tertiary/aromatic N) is 1. The predicted octanol–water partition coefficient (Wildman–Crippen LogP) is 5.79. The van der Waals surface area contributed by atoms with Crippen molar-refractivity contribution < 1.29 is 46.2 Å². The van der Waals surface area contributed by atoms with Crippen molar-refractivity contribution in [2.24, 2.45) is 10.7 Å². The maximum absolute atomic E-state index is 13.6. The summed E-state index contributed by atoms with van der Waals surface area (Å²) in [6, 6.07) is 9.96. The van der Waals surface area contributed by atoms with Crippen molar-refractivity contribution in [2.45, 2.75) is 39.5 Å². The number of aryl methyl sites for hydroxylation is 1. The van der Waals surface area contributed by atoms with Gasteiger partial charge in [0.15, 0.2) is 5.96 Å². The molecule has 3 aromatic rings. The first-order valence-electron chi connectivity index (χ1n) is 13.3. The molecule has 0 aromatic heterocycles. The van der Waals surface area contributed by atoms with Crippen LogP contribution in [0.5, 0.6) is 17.2 Å². The van der Waals surface area contributed by atoms with Crippen molar-refractivity contribution in [1.29, 1.82) is 0 Å².